The molecule has 0 saturated carbocycles. The molecule has 6 aromatic heterocycles. The maximum Gasteiger partial charge on any atom is 0.212 e. The SMILES string of the molecule is Cc1ccc(-c2ccc(C)c(C)[n+]2C)c(C)c1.Cc1ccc(C)c(-c2ccc(C)c(C)[n+]2C)c1.Cc1cccc(-c2ccc(C)c(C)[n+]2C)c1C.[2H]C([2H])([2H])c1ccc(-c2cc(C)ccc2C)[n+](C)c1C.[2H]C([2H])([2H])c1ccc(-c2ccc(C([2H])([2H])[2H])c(C)[n+]2C)c(C)c1.[2H]C([2H])([2H])c1ccc(-c2cccc(C)c2C)[n+](C)c1C([2H])([2H])[2H]. The summed E-state index contributed by atoms with van der Waals surface area (Å²) in [5, 5.41) is 0. The molecule has 0 N–H and O–H groups in total. The van der Waals surface area contributed by atoms with Gasteiger partial charge in [0.15, 0.2) is 34.2 Å². The van der Waals surface area contributed by atoms with Crippen LogP contribution < -0.4 is 27.4 Å². The number of rotatable bonds is 6. The summed E-state index contributed by atoms with van der Waals surface area (Å²) in [5.74, 6) is 0. The summed E-state index contributed by atoms with van der Waals surface area (Å²) in [6, 6.07) is 60.3. The van der Waals surface area contributed by atoms with Gasteiger partial charge in [0.2, 0.25) is 34.2 Å². The largest absolute Gasteiger partial charge is 0.212 e. The van der Waals surface area contributed by atoms with Crippen LogP contribution in [0.25, 0.3) is 67.5 Å². The molecule has 0 aliphatic heterocycles. The Morgan fingerprint density at radius 1 is 0.186 bits per heavy atom. The minimum Gasteiger partial charge on any atom is -0.198 e. The third-order valence-corrected chi connectivity index (χ3v) is 20.7. The van der Waals surface area contributed by atoms with Crippen molar-refractivity contribution in [3.05, 3.63) is 316 Å². The van der Waals surface area contributed by atoms with Crippen molar-refractivity contribution in [2.75, 3.05) is 0 Å². The molecule has 528 valence electrons. The number of pyridine rings is 6. The molecule has 0 atom stereocenters. The van der Waals surface area contributed by atoms with E-state index in [0.717, 1.165) is 50.5 Å². The molecule has 6 heterocycles. The van der Waals surface area contributed by atoms with Gasteiger partial charge < -0.3 is 0 Å². The minimum absolute atomic E-state index is 0.131. The number of aryl methyl sites for hydroxylation is 16. The molecule has 0 bridgehead atoms. The van der Waals surface area contributed by atoms with Crippen LogP contribution in [0, 0.1) is 166 Å². The molecule has 0 fully saturated rings. The van der Waals surface area contributed by atoms with Gasteiger partial charge in [-0.15, -0.1) is 0 Å². The van der Waals surface area contributed by atoms with Crippen molar-refractivity contribution in [3.8, 4) is 67.5 Å². The first-order chi connectivity index (χ1) is 54.1. The molecule has 0 saturated heterocycles. The molecule has 12 rings (SSSR count). The van der Waals surface area contributed by atoms with Crippen LogP contribution in [0.15, 0.2) is 182 Å². The Morgan fingerprint density at radius 2 is 0.451 bits per heavy atom. The third kappa shape index (κ3) is 18.7. The van der Waals surface area contributed by atoms with Gasteiger partial charge in [-0.2, -0.15) is 27.4 Å². The molecule has 6 heteroatoms. The van der Waals surface area contributed by atoms with Crippen LogP contribution >= 0.6 is 0 Å². The van der Waals surface area contributed by atoms with Crippen LogP contribution in [-0.4, -0.2) is 0 Å². The van der Waals surface area contributed by atoms with Gasteiger partial charge in [-0.25, -0.2) is 0 Å². The van der Waals surface area contributed by atoms with E-state index in [9.17, 15) is 0 Å². The van der Waals surface area contributed by atoms with Gasteiger partial charge >= 0.3 is 0 Å². The molecule has 0 aliphatic carbocycles. The summed E-state index contributed by atoms with van der Waals surface area (Å²) in [7, 11) is 11.8. The predicted molar refractivity (Wildman–Crippen MR) is 432 cm³/mol. The van der Waals surface area contributed by atoms with E-state index in [1.165, 1.54) is 123 Å². The fraction of sp³-hybridized carbons (Fsp3) is 0.312. The van der Waals surface area contributed by atoms with Crippen LogP contribution in [-0.2, 0) is 42.3 Å². The van der Waals surface area contributed by atoms with E-state index in [2.05, 4.69) is 241 Å². The van der Waals surface area contributed by atoms with Crippen LogP contribution in [0.3, 0.4) is 0 Å². The van der Waals surface area contributed by atoms with E-state index in [1.54, 1.807) is 56.4 Å². The topological polar surface area (TPSA) is 23.3 Å². The average molecular weight is 1370 g/mol. The van der Waals surface area contributed by atoms with E-state index >= 15 is 0 Å². The maximum absolute atomic E-state index is 7.75. The van der Waals surface area contributed by atoms with Gasteiger partial charge in [-0.1, -0.05) is 95.1 Å². The molecule has 0 radical (unpaired) electrons. The standard InChI is InChI=1S/6C16H20N/c2*1-11-6-8-15(13(3)10-11)16-9-7-12(2)14(4)17(16)5;2*1-11-6-7-13(3)15(10-11)16-9-8-12(2)14(4)17(16)5;2*1-11-7-6-8-15(13(11)3)16-10-9-12(2)14(4)17(16)5/h6*6-10H,1-5H3/q6*+1/i1D3,2D3;;2D3;;2D3,4D3;. The zero-order valence-corrected chi connectivity index (χ0v) is 65.5. The lowest BCUT2D eigenvalue weighted by Gasteiger charge is -2.09. The maximum atomic E-state index is 7.75. The normalized spacial score (nSPS) is 13.4. The first-order valence-electron chi connectivity index (χ1n) is 42.5. The molecule has 102 heavy (non-hydrogen) atoms. The highest BCUT2D eigenvalue weighted by Gasteiger charge is 2.22. The highest BCUT2D eigenvalue weighted by Crippen LogP contribution is 2.29. The van der Waals surface area contributed by atoms with Crippen LogP contribution in [0.4, 0.5) is 0 Å². The Balaban J connectivity index is 0.000000195. The minimum atomic E-state index is -2.51. The van der Waals surface area contributed by atoms with E-state index < -0.39 is 34.3 Å². The molecule has 0 amide bonds. The van der Waals surface area contributed by atoms with Gasteiger partial charge in [-0.3, -0.25) is 0 Å². The molecule has 0 spiro atoms. The Kier molecular flexibility index (Phi) is 20.4. The average Bonchev–Trinajstić information content (AvgIpc) is 0.765. The zero-order valence-electron chi connectivity index (χ0n) is 80.5. The van der Waals surface area contributed by atoms with Crippen molar-refractivity contribution >= 4 is 0 Å². The first kappa shape index (κ1) is 59.9. The number of aromatic nitrogens is 6. The fourth-order valence-electron chi connectivity index (χ4n) is 12.6. The van der Waals surface area contributed by atoms with Crippen molar-refractivity contribution in [2.24, 2.45) is 42.3 Å². The van der Waals surface area contributed by atoms with Crippen LogP contribution in [0.1, 0.15) is 155 Å². The van der Waals surface area contributed by atoms with Gasteiger partial charge in [0.1, 0.15) is 42.3 Å². The van der Waals surface area contributed by atoms with E-state index in [-0.39, 0.29) is 11.3 Å². The van der Waals surface area contributed by atoms with Crippen molar-refractivity contribution < 1.29 is 48.0 Å². The second kappa shape index (κ2) is 34.7. The summed E-state index contributed by atoms with van der Waals surface area (Å²) < 4.78 is 126. The Morgan fingerprint density at radius 3 is 0.784 bits per heavy atom. The molecule has 0 unspecified atom stereocenters. The molecule has 12 aromatic rings. The molecule has 6 aromatic carbocycles. The van der Waals surface area contributed by atoms with E-state index in [4.69, 9.17) is 20.6 Å². The number of hydrogen-bond donors (Lipinski definition) is 0. The summed E-state index contributed by atoms with van der Waals surface area (Å²) >= 11 is 0. The first-order valence-corrected chi connectivity index (χ1v) is 35.0. The number of benzene rings is 6. The molecular formula is C96H120N6+6. The lowest BCUT2D eigenvalue weighted by Crippen LogP contribution is -2.35. The van der Waals surface area contributed by atoms with Gasteiger partial charge in [0, 0.05) is 165 Å². The van der Waals surface area contributed by atoms with Gasteiger partial charge in [0.05, 0.1) is 0 Å². The molecular weight excluding hydrogens is 1240 g/mol. The quantitative estimate of drug-likeness (QED) is 0.148. The Bertz CT molecular complexity index is 5590. The van der Waals surface area contributed by atoms with Gasteiger partial charge in [-0.05, 0) is 242 Å². The summed E-state index contributed by atoms with van der Waals surface area (Å²) in [4.78, 5) is 0. The summed E-state index contributed by atoms with van der Waals surface area (Å²) in [5.41, 5.74) is 36.9. The number of hydrogen-bond acceptors (Lipinski definition) is 0. The van der Waals surface area contributed by atoms with Crippen molar-refractivity contribution in [1.29, 1.82) is 0 Å². The number of nitrogens with zero attached hydrogens (tertiary/aromatic N) is 6. The highest BCUT2D eigenvalue weighted by atomic mass is 15.0. The predicted octanol–water partition coefficient (Wildman–Crippen LogP) is 20.5. The van der Waals surface area contributed by atoms with Crippen molar-refractivity contribution in [3.63, 3.8) is 0 Å². The summed E-state index contributed by atoms with van der Waals surface area (Å²) in [6.07, 6.45) is 0. The third-order valence-electron chi connectivity index (χ3n) is 20.7. The molecule has 0 aliphatic rings. The van der Waals surface area contributed by atoms with Crippen molar-refractivity contribution in [1.82, 2.24) is 0 Å². The monoisotopic (exact) mass is 1370 g/mol. The molecule has 6 nitrogen and oxygen atoms in total. The smallest absolute Gasteiger partial charge is 0.198 e. The Labute approximate surface area is 637 Å². The lowest BCUT2D eigenvalue weighted by molar-refractivity contribution is -0.667. The van der Waals surface area contributed by atoms with Crippen LogP contribution in [0.2, 0.25) is 0 Å². The van der Waals surface area contributed by atoms with E-state index in [1.807, 2.05) is 75.2 Å². The lowest BCUT2D eigenvalue weighted by atomic mass is 9.99. The second-order valence-corrected chi connectivity index (χ2v) is 27.7. The van der Waals surface area contributed by atoms with Crippen LogP contribution in [0.5, 0.6) is 0 Å². The zero-order chi connectivity index (χ0) is 88.0. The van der Waals surface area contributed by atoms with E-state index in [0.29, 0.717) is 28.1 Å². The highest BCUT2D eigenvalue weighted by molar-refractivity contribution is 5.67. The Hall–Kier alpha value is -9.78. The van der Waals surface area contributed by atoms with Gasteiger partial charge in [0.25, 0.3) is 0 Å². The second-order valence-electron chi connectivity index (χ2n) is 27.7. The van der Waals surface area contributed by atoms with Crippen molar-refractivity contribution in [2.45, 2.75) is 166 Å². The summed E-state index contributed by atoms with van der Waals surface area (Å²) in [6.45, 7) is 28.2. The fourth-order valence-corrected chi connectivity index (χ4v) is 12.6.